The summed E-state index contributed by atoms with van der Waals surface area (Å²) in [6, 6.07) is 9.42. The Kier molecular flexibility index (Phi) is 7.45. The predicted molar refractivity (Wildman–Crippen MR) is 83.4 cm³/mol. The van der Waals surface area contributed by atoms with Gasteiger partial charge in [0.25, 0.3) is 0 Å². The maximum Gasteiger partial charge on any atom is 0.0187 e. The molecule has 102 valence electrons. The minimum atomic E-state index is 0.625. The van der Waals surface area contributed by atoms with E-state index < -0.39 is 0 Å². The summed E-state index contributed by atoms with van der Waals surface area (Å²) in [5.41, 5.74) is 1.35. The van der Waals surface area contributed by atoms with Gasteiger partial charge in [0.1, 0.15) is 0 Å². The van der Waals surface area contributed by atoms with E-state index in [1.165, 1.54) is 29.1 Å². The predicted octanol–water partition coefficient (Wildman–Crippen LogP) is 4.50. The zero-order valence-corrected chi connectivity index (χ0v) is 13.0. The van der Waals surface area contributed by atoms with Gasteiger partial charge in [-0.25, -0.2) is 0 Å². The minimum Gasteiger partial charge on any atom is -0.313 e. The molecule has 0 aliphatic heterocycles. The average molecular weight is 265 g/mol. The molecular formula is C16H27NS. The van der Waals surface area contributed by atoms with Crippen LogP contribution in [-0.4, -0.2) is 18.3 Å². The van der Waals surface area contributed by atoms with Crippen molar-refractivity contribution in [3.05, 3.63) is 29.8 Å². The Hall–Kier alpha value is -0.470. The Morgan fingerprint density at radius 3 is 2.67 bits per heavy atom. The van der Waals surface area contributed by atoms with Gasteiger partial charge in [-0.15, -0.1) is 11.8 Å². The third-order valence-electron chi connectivity index (χ3n) is 3.32. The van der Waals surface area contributed by atoms with Gasteiger partial charge in [0.2, 0.25) is 0 Å². The van der Waals surface area contributed by atoms with E-state index in [-0.39, 0.29) is 0 Å². The van der Waals surface area contributed by atoms with Crippen molar-refractivity contribution in [1.82, 2.24) is 5.32 Å². The van der Waals surface area contributed by atoms with E-state index in [1.54, 1.807) is 0 Å². The second-order valence-corrected chi connectivity index (χ2v) is 6.15. The summed E-state index contributed by atoms with van der Waals surface area (Å²) in [4.78, 5) is 1.39. The van der Waals surface area contributed by atoms with Gasteiger partial charge < -0.3 is 5.32 Å². The quantitative estimate of drug-likeness (QED) is 0.694. The van der Waals surface area contributed by atoms with Gasteiger partial charge in [-0.3, -0.25) is 0 Å². The number of benzene rings is 1. The van der Waals surface area contributed by atoms with Crippen LogP contribution in [0, 0.1) is 12.8 Å². The molecule has 0 saturated carbocycles. The molecule has 2 unspecified atom stereocenters. The van der Waals surface area contributed by atoms with Crippen molar-refractivity contribution in [3.8, 4) is 0 Å². The Labute approximate surface area is 117 Å². The zero-order valence-electron chi connectivity index (χ0n) is 12.2. The summed E-state index contributed by atoms with van der Waals surface area (Å²) in [5.74, 6) is 1.92. The van der Waals surface area contributed by atoms with E-state index in [0.717, 1.165) is 12.5 Å². The summed E-state index contributed by atoms with van der Waals surface area (Å²) >= 11 is 1.97. The van der Waals surface area contributed by atoms with Gasteiger partial charge in [0.15, 0.2) is 0 Å². The molecule has 2 heteroatoms. The van der Waals surface area contributed by atoms with Gasteiger partial charge in [0.05, 0.1) is 0 Å². The lowest BCUT2D eigenvalue weighted by atomic mass is 9.98. The molecule has 0 saturated heterocycles. The monoisotopic (exact) mass is 265 g/mol. The number of thioether (sulfide) groups is 1. The van der Waals surface area contributed by atoms with Crippen LogP contribution < -0.4 is 5.32 Å². The minimum absolute atomic E-state index is 0.625. The molecule has 0 radical (unpaired) electrons. The SMILES string of the molecule is CCCC(C)C(CSc1cccc(C)c1)NCC. The second kappa shape index (κ2) is 8.60. The molecule has 0 bridgehead atoms. The van der Waals surface area contributed by atoms with Gasteiger partial charge in [-0.05, 0) is 37.9 Å². The summed E-state index contributed by atoms with van der Waals surface area (Å²) < 4.78 is 0. The summed E-state index contributed by atoms with van der Waals surface area (Å²) in [6.45, 7) is 10.1. The van der Waals surface area contributed by atoms with E-state index in [4.69, 9.17) is 0 Å². The van der Waals surface area contributed by atoms with Crippen LogP contribution in [0.15, 0.2) is 29.2 Å². The van der Waals surface area contributed by atoms with Crippen molar-refractivity contribution in [2.45, 2.75) is 51.5 Å². The smallest absolute Gasteiger partial charge is 0.0187 e. The van der Waals surface area contributed by atoms with Crippen molar-refractivity contribution in [2.75, 3.05) is 12.3 Å². The molecule has 0 amide bonds. The summed E-state index contributed by atoms with van der Waals surface area (Å²) in [5, 5.41) is 3.63. The molecule has 1 aromatic rings. The molecule has 0 aliphatic rings. The second-order valence-electron chi connectivity index (χ2n) is 5.06. The maximum absolute atomic E-state index is 3.63. The Bertz CT molecular complexity index is 338. The lowest BCUT2D eigenvalue weighted by Crippen LogP contribution is -2.37. The number of nitrogens with one attached hydrogen (secondary N) is 1. The average Bonchev–Trinajstić information content (AvgIpc) is 2.35. The van der Waals surface area contributed by atoms with Crippen LogP contribution in [0.4, 0.5) is 0 Å². The molecule has 18 heavy (non-hydrogen) atoms. The molecule has 0 fully saturated rings. The fourth-order valence-electron chi connectivity index (χ4n) is 2.23. The molecule has 2 atom stereocenters. The zero-order chi connectivity index (χ0) is 13.4. The maximum atomic E-state index is 3.63. The van der Waals surface area contributed by atoms with Crippen molar-refractivity contribution in [1.29, 1.82) is 0 Å². The molecule has 0 heterocycles. The molecule has 0 spiro atoms. The molecule has 1 aromatic carbocycles. The van der Waals surface area contributed by atoms with Crippen LogP contribution in [0.3, 0.4) is 0 Å². The fraction of sp³-hybridized carbons (Fsp3) is 0.625. The third-order valence-corrected chi connectivity index (χ3v) is 4.43. The van der Waals surface area contributed by atoms with Gasteiger partial charge in [-0.1, -0.05) is 44.9 Å². The van der Waals surface area contributed by atoms with Crippen LogP contribution in [-0.2, 0) is 0 Å². The first kappa shape index (κ1) is 15.6. The van der Waals surface area contributed by atoms with Crippen LogP contribution in [0.2, 0.25) is 0 Å². The number of hydrogen-bond acceptors (Lipinski definition) is 2. The third kappa shape index (κ3) is 5.45. The Morgan fingerprint density at radius 1 is 1.28 bits per heavy atom. The first-order valence-electron chi connectivity index (χ1n) is 7.10. The highest BCUT2D eigenvalue weighted by Gasteiger charge is 2.15. The molecule has 1 rings (SSSR count). The first-order chi connectivity index (χ1) is 8.67. The molecule has 0 aliphatic carbocycles. The standard InChI is InChI=1S/C16H27NS/c1-5-8-14(4)16(17-6-2)12-18-15-10-7-9-13(3)11-15/h7,9-11,14,16-17H,5-6,8,12H2,1-4H3. The largest absolute Gasteiger partial charge is 0.313 e. The molecule has 1 nitrogen and oxygen atoms in total. The van der Waals surface area contributed by atoms with Crippen molar-refractivity contribution in [2.24, 2.45) is 5.92 Å². The number of aryl methyl sites for hydroxylation is 1. The van der Waals surface area contributed by atoms with Crippen LogP contribution >= 0.6 is 11.8 Å². The lowest BCUT2D eigenvalue weighted by molar-refractivity contribution is 0.388. The first-order valence-corrected chi connectivity index (χ1v) is 8.08. The van der Waals surface area contributed by atoms with Crippen LogP contribution in [0.25, 0.3) is 0 Å². The topological polar surface area (TPSA) is 12.0 Å². The van der Waals surface area contributed by atoms with E-state index in [9.17, 15) is 0 Å². The van der Waals surface area contributed by atoms with Gasteiger partial charge in [0, 0.05) is 16.7 Å². The number of rotatable bonds is 8. The van der Waals surface area contributed by atoms with Crippen molar-refractivity contribution < 1.29 is 0 Å². The normalized spacial score (nSPS) is 14.4. The summed E-state index contributed by atoms with van der Waals surface area (Å²) in [7, 11) is 0. The van der Waals surface area contributed by atoms with E-state index in [2.05, 4.69) is 57.3 Å². The van der Waals surface area contributed by atoms with E-state index in [1.807, 2.05) is 11.8 Å². The van der Waals surface area contributed by atoms with Crippen molar-refractivity contribution in [3.63, 3.8) is 0 Å². The molecule has 1 N–H and O–H groups in total. The van der Waals surface area contributed by atoms with Gasteiger partial charge >= 0.3 is 0 Å². The van der Waals surface area contributed by atoms with Crippen molar-refractivity contribution >= 4 is 11.8 Å². The molecular weight excluding hydrogens is 238 g/mol. The van der Waals surface area contributed by atoms with Crippen LogP contribution in [0.1, 0.15) is 39.2 Å². The Morgan fingerprint density at radius 2 is 2.06 bits per heavy atom. The highest BCUT2D eigenvalue weighted by molar-refractivity contribution is 7.99. The highest BCUT2D eigenvalue weighted by atomic mass is 32.2. The number of hydrogen-bond donors (Lipinski definition) is 1. The lowest BCUT2D eigenvalue weighted by Gasteiger charge is -2.24. The highest BCUT2D eigenvalue weighted by Crippen LogP contribution is 2.23. The fourth-order valence-corrected chi connectivity index (χ4v) is 3.50. The molecule has 0 aromatic heterocycles. The summed E-state index contributed by atoms with van der Waals surface area (Å²) in [6.07, 6.45) is 2.59. The Balaban J connectivity index is 2.51. The van der Waals surface area contributed by atoms with Crippen LogP contribution in [0.5, 0.6) is 0 Å². The van der Waals surface area contributed by atoms with E-state index in [0.29, 0.717) is 6.04 Å². The van der Waals surface area contributed by atoms with E-state index >= 15 is 0 Å². The van der Waals surface area contributed by atoms with Gasteiger partial charge in [-0.2, -0.15) is 0 Å².